The summed E-state index contributed by atoms with van der Waals surface area (Å²) in [5.41, 5.74) is 1.66. The maximum absolute atomic E-state index is 12.2. The molecule has 1 atom stereocenters. The molecule has 29 heavy (non-hydrogen) atoms. The maximum Gasteiger partial charge on any atom is 0.268 e. The van der Waals surface area contributed by atoms with E-state index in [1.54, 1.807) is 38.3 Å². The second-order valence-electron chi connectivity index (χ2n) is 7.80. The molecule has 2 aromatic heterocycles. The summed E-state index contributed by atoms with van der Waals surface area (Å²) < 4.78 is 11.3. The monoisotopic (exact) mass is 395 g/mol. The number of carbonyl (C=O) groups excluding carboxylic acids is 1. The molecule has 3 N–H and O–H groups in total. The molecule has 0 aliphatic carbocycles. The Bertz CT molecular complexity index is 1110. The van der Waals surface area contributed by atoms with Crippen LogP contribution in [0.25, 0.3) is 11.1 Å². The molecule has 9 heteroatoms. The SMILES string of the molecule is CC1(C)Oc2ccc(Nc3nc(N4CCC(O)C4)c4occc4n3)cc2NC1=O. The summed E-state index contributed by atoms with van der Waals surface area (Å²) in [6.45, 7) is 4.65. The van der Waals surface area contributed by atoms with Crippen molar-refractivity contribution in [1.82, 2.24) is 9.97 Å². The van der Waals surface area contributed by atoms with E-state index in [0.717, 1.165) is 0 Å². The number of ether oxygens (including phenoxy) is 1. The van der Waals surface area contributed by atoms with Crippen molar-refractivity contribution in [2.75, 3.05) is 28.6 Å². The average Bonchev–Trinajstić information content (AvgIpc) is 3.31. The van der Waals surface area contributed by atoms with Crippen LogP contribution >= 0.6 is 0 Å². The van der Waals surface area contributed by atoms with Gasteiger partial charge in [-0.1, -0.05) is 0 Å². The van der Waals surface area contributed by atoms with Crippen molar-refractivity contribution in [2.45, 2.75) is 32.0 Å². The lowest BCUT2D eigenvalue weighted by Crippen LogP contribution is -2.45. The number of benzene rings is 1. The second kappa shape index (κ2) is 6.35. The minimum Gasteiger partial charge on any atom is -0.476 e. The van der Waals surface area contributed by atoms with E-state index in [0.29, 0.717) is 59.5 Å². The molecular formula is C20H21N5O4. The zero-order valence-corrected chi connectivity index (χ0v) is 16.1. The van der Waals surface area contributed by atoms with Crippen LogP contribution in [0.5, 0.6) is 5.75 Å². The number of β-amino-alcohol motifs (C(OH)–C–C–N with tert-alkyl or cyclic N) is 1. The Kier molecular flexibility index (Phi) is 3.88. The van der Waals surface area contributed by atoms with Gasteiger partial charge in [-0.2, -0.15) is 4.98 Å². The first kappa shape index (κ1) is 17.7. The van der Waals surface area contributed by atoms with Gasteiger partial charge in [-0.05, 0) is 38.5 Å². The Labute approximate surface area is 166 Å². The van der Waals surface area contributed by atoms with Gasteiger partial charge in [0.05, 0.1) is 18.1 Å². The van der Waals surface area contributed by atoms with Gasteiger partial charge in [-0.15, -0.1) is 0 Å². The number of aliphatic hydroxyl groups is 1. The number of furan rings is 1. The van der Waals surface area contributed by atoms with Gasteiger partial charge >= 0.3 is 0 Å². The highest BCUT2D eigenvalue weighted by atomic mass is 16.5. The van der Waals surface area contributed by atoms with Crippen molar-refractivity contribution in [3.05, 3.63) is 30.5 Å². The molecule has 0 saturated carbocycles. The van der Waals surface area contributed by atoms with E-state index in [1.165, 1.54) is 0 Å². The van der Waals surface area contributed by atoms with Crippen LogP contribution in [0.3, 0.4) is 0 Å². The van der Waals surface area contributed by atoms with Crippen LogP contribution in [0.1, 0.15) is 20.3 Å². The van der Waals surface area contributed by atoms with Crippen molar-refractivity contribution >= 4 is 40.1 Å². The second-order valence-corrected chi connectivity index (χ2v) is 7.80. The number of hydrogen-bond acceptors (Lipinski definition) is 8. The zero-order chi connectivity index (χ0) is 20.2. The number of nitrogens with zero attached hydrogens (tertiary/aromatic N) is 3. The third-order valence-corrected chi connectivity index (χ3v) is 5.14. The van der Waals surface area contributed by atoms with Crippen LogP contribution in [0, 0.1) is 0 Å². The molecule has 1 unspecified atom stereocenters. The fourth-order valence-corrected chi connectivity index (χ4v) is 3.57. The van der Waals surface area contributed by atoms with E-state index in [4.69, 9.17) is 9.15 Å². The quantitative estimate of drug-likeness (QED) is 0.620. The topological polar surface area (TPSA) is 113 Å². The van der Waals surface area contributed by atoms with Crippen LogP contribution in [0.15, 0.2) is 34.9 Å². The molecule has 150 valence electrons. The van der Waals surface area contributed by atoms with Gasteiger partial charge < -0.3 is 29.8 Å². The molecule has 9 nitrogen and oxygen atoms in total. The Balaban J connectivity index is 1.47. The van der Waals surface area contributed by atoms with Gasteiger partial charge in [-0.3, -0.25) is 4.79 Å². The van der Waals surface area contributed by atoms with Crippen molar-refractivity contribution in [1.29, 1.82) is 0 Å². The molecule has 0 spiro atoms. The highest BCUT2D eigenvalue weighted by Crippen LogP contribution is 2.36. The first-order chi connectivity index (χ1) is 13.9. The fraction of sp³-hybridized carbons (Fsp3) is 0.350. The Morgan fingerprint density at radius 3 is 2.97 bits per heavy atom. The van der Waals surface area contributed by atoms with Crippen LogP contribution in [-0.4, -0.2) is 45.8 Å². The molecular weight excluding hydrogens is 374 g/mol. The Hall–Kier alpha value is -3.33. The number of hydrogen-bond donors (Lipinski definition) is 3. The fourth-order valence-electron chi connectivity index (χ4n) is 3.57. The summed E-state index contributed by atoms with van der Waals surface area (Å²) in [5.74, 6) is 1.46. The summed E-state index contributed by atoms with van der Waals surface area (Å²) in [5, 5.41) is 15.9. The number of carbonyl (C=O) groups is 1. The van der Waals surface area contributed by atoms with Gasteiger partial charge in [-0.25, -0.2) is 4.98 Å². The van der Waals surface area contributed by atoms with Crippen LogP contribution in [0.2, 0.25) is 0 Å². The first-order valence-electron chi connectivity index (χ1n) is 9.49. The number of nitrogens with one attached hydrogen (secondary N) is 2. The third kappa shape index (κ3) is 3.13. The number of rotatable bonds is 3. The predicted octanol–water partition coefficient (Wildman–Crippen LogP) is 2.65. The minimum absolute atomic E-state index is 0.201. The zero-order valence-electron chi connectivity index (χ0n) is 16.1. The molecule has 2 aliphatic heterocycles. The average molecular weight is 395 g/mol. The third-order valence-electron chi connectivity index (χ3n) is 5.14. The standard InChI is InChI=1S/C20H21N5O4/c1-20(2)18(27)22-14-9-11(3-4-15(14)29-20)21-19-23-13-6-8-28-16(13)17(24-19)25-7-5-12(26)10-25/h3-4,6,8-9,12,26H,5,7,10H2,1-2H3,(H,22,27)(H,21,23,24). The molecule has 5 rings (SSSR count). The molecule has 1 amide bonds. The first-order valence-corrected chi connectivity index (χ1v) is 9.49. The van der Waals surface area contributed by atoms with Gasteiger partial charge in [0.15, 0.2) is 17.0 Å². The molecule has 3 aromatic rings. The smallest absolute Gasteiger partial charge is 0.268 e. The van der Waals surface area contributed by atoms with Crippen molar-refractivity contribution in [3.63, 3.8) is 0 Å². The highest BCUT2D eigenvalue weighted by molar-refractivity contribution is 6.00. The lowest BCUT2D eigenvalue weighted by atomic mass is 10.1. The minimum atomic E-state index is -0.910. The van der Waals surface area contributed by atoms with Gasteiger partial charge in [0, 0.05) is 24.8 Å². The van der Waals surface area contributed by atoms with Crippen molar-refractivity contribution in [3.8, 4) is 5.75 Å². The van der Waals surface area contributed by atoms with Gasteiger partial charge in [0.1, 0.15) is 11.3 Å². The summed E-state index contributed by atoms with van der Waals surface area (Å²) in [4.78, 5) is 23.3. The largest absolute Gasteiger partial charge is 0.476 e. The van der Waals surface area contributed by atoms with Gasteiger partial charge in [0.2, 0.25) is 5.95 Å². The van der Waals surface area contributed by atoms with Crippen LogP contribution < -0.4 is 20.3 Å². The Morgan fingerprint density at radius 1 is 1.31 bits per heavy atom. The number of aliphatic hydroxyl groups excluding tert-OH is 1. The Morgan fingerprint density at radius 2 is 2.17 bits per heavy atom. The lowest BCUT2D eigenvalue weighted by Gasteiger charge is -2.31. The molecule has 0 bridgehead atoms. The predicted molar refractivity (Wildman–Crippen MR) is 108 cm³/mol. The van der Waals surface area contributed by atoms with E-state index in [-0.39, 0.29) is 12.0 Å². The highest BCUT2D eigenvalue weighted by Gasteiger charge is 2.35. The molecule has 4 heterocycles. The molecule has 0 radical (unpaired) electrons. The molecule has 2 aliphatic rings. The molecule has 1 aromatic carbocycles. The van der Waals surface area contributed by atoms with E-state index < -0.39 is 5.60 Å². The van der Waals surface area contributed by atoms with Crippen molar-refractivity contribution < 1.29 is 19.1 Å². The van der Waals surface area contributed by atoms with E-state index in [9.17, 15) is 9.90 Å². The lowest BCUT2D eigenvalue weighted by molar-refractivity contribution is -0.129. The van der Waals surface area contributed by atoms with Crippen LogP contribution in [0.4, 0.5) is 23.1 Å². The van der Waals surface area contributed by atoms with Gasteiger partial charge in [0.25, 0.3) is 5.91 Å². The number of amides is 1. The summed E-state index contributed by atoms with van der Waals surface area (Å²) in [7, 11) is 0. The van der Waals surface area contributed by atoms with Crippen molar-refractivity contribution in [2.24, 2.45) is 0 Å². The number of aromatic nitrogens is 2. The molecule has 1 fully saturated rings. The summed E-state index contributed by atoms with van der Waals surface area (Å²) in [6.07, 6.45) is 1.89. The number of fused-ring (bicyclic) bond motifs is 2. The molecule has 1 saturated heterocycles. The maximum atomic E-state index is 12.2. The van der Waals surface area contributed by atoms with E-state index >= 15 is 0 Å². The summed E-state index contributed by atoms with van der Waals surface area (Å²) in [6, 6.07) is 7.20. The number of anilines is 4. The summed E-state index contributed by atoms with van der Waals surface area (Å²) >= 11 is 0. The van der Waals surface area contributed by atoms with E-state index in [2.05, 4.69) is 20.6 Å². The normalized spacial score (nSPS) is 20.3. The van der Waals surface area contributed by atoms with Crippen LogP contribution in [-0.2, 0) is 4.79 Å². The van der Waals surface area contributed by atoms with E-state index in [1.807, 2.05) is 11.0 Å².